The Morgan fingerprint density at radius 3 is 2.80 bits per heavy atom. The third-order valence-electron chi connectivity index (χ3n) is 3.23. The summed E-state index contributed by atoms with van der Waals surface area (Å²) >= 11 is 0. The van der Waals surface area contributed by atoms with Crippen molar-refractivity contribution >= 4 is 5.91 Å². The number of carbonyl (C=O) groups is 1. The second-order valence-electron chi connectivity index (χ2n) is 4.83. The van der Waals surface area contributed by atoms with Crippen molar-refractivity contribution in [2.45, 2.75) is 26.3 Å². The fraction of sp³-hybridized carbons (Fsp3) is 0.467. The van der Waals surface area contributed by atoms with Crippen molar-refractivity contribution in [1.29, 1.82) is 5.26 Å². The first-order valence-corrected chi connectivity index (χ1v) is 6.67. The van der Waals surface area contributed by atoms with Crippen molar-refractivity contribution in [2.24, 2.45) is 11.7 Å². The fourth-order valence-electron chi connectivity index (χ4n) is 2.10. The van der Waals surface area contributed by atoms with Crippen molar-refractivity contribution in [3.8, 4) is 6.07 Å². The van der Waals surface area contributed by atoms with Gasteiger partial charge in [0.1, 0.15) is 5.82 Å². The zero-order valence-corrected chi connectivity index (χ0v) is 11.9. The first-order valence-electron chi connectivity index (χ1n) is 6.67. The highest BCUT2D eigenvalue weighted by atomic mass is 19.1. The third kappa shape index (κ3) is 4.04. The maximum Gasteiger partial charge on any atom is 0.226 e. The summed E-state index contributed by atoms with van der Waals surface area (Å²) in [7, 11) is 1.62. The molecule has 0 fully saturated rings. The van der Waals surface area contributed by atoms with E-state index in [2.05, 4.69) is 0 Å². The van der Waals surface area contributed by atoms with Crippen molar-refractivity contribution < 1.29 is 9.18 Å². The maximum atomic E-state index is 13.7. The molecule has 0 bridgehead atoms. The number of nitriles is 1. The molecule has 0 heterocycles. The Morgan fingerprint density at radius 1 is 1.55 bits per heavy atom. The van der Waals surface area contributed by atoms with Crippen LogP contribution in [0.2, 0.25) is 0 Å². The largest absolute Gasteiger partial charge is 0.341 e. The highest BCUT2D eigenvalue weighted by molar-refractivity contribution is 5.78. The summed E-state index contributed by atoms with van der Waals surface area (Å²) in [5.41, 5.74) is 6.32. The number of rotatable bonds is 6. The number of amides is 1. The lowest BCUT2D eigenvalue weighted by Gasteiger charge is -2.23. The maximum absolute atomic E-state index is 13.7. The minimum Gasteiger partial charge on any atom is -0.341 e. The molecule has 108 valence electrons. The van der Waals surface area contributed by atoms with Gasteiger partial charge in [-0.05, 0) is 24.6 Å². The van der Waals surface area contributed by atoms with Crippen LogP contribution in [0.4, 0.5) is 4.39 Å². The molecule has 1 unspecified atom stereocenters. The average Bonchev–Trinajstić information content (AvgIpc) is 2.46. The van der Waals surface area contributed by atoms with Gasteiger partial charge >= 0.3 is 0 Å². The van der Waals surface area contributed by atoms with Gasteiger partial charge in [-0.15, -0.1) is 0 Å². The molecule has 1 rings (SSSR count). The highest BCUT2D eigenvalue weighted by Crippen LogP contribution is 2.15. The lowest BCUT2D eigenvalue weighted by Crippen LogP contribution is -2.36. The summed E-state index contributed by atoms with van der Waals surface area (Å²) in [6.07, 6.45) is 1.60. The van der Waals surface area contributed by atoms with E-state index in [0.29, 0.717) is 11.1 Å². The molecule has 0 aliphatic heterocycles. The van der Waals surface area contributed by atoms with Crippen LogP contribution in [0, 0.1) is 23.1 Å². The van der Waals surface area contributed by atoms with E-state index in [1.807, 2.05) is 13.0 Å². The molecule has 0 aliphatic carbocycles. The zero-order valence-electron chi connectivity index (χ0n) is 11.9. The molecule has 4 nitrogen and oxygen atoms in total. The van der Waals surface area contributed by atoms with E-state index in [-0.39, 0.29) is 24.9 Å². The molecule has 0 radical (unpaired) electrons. The Bertz CT molecular complexity index is 510. The topological polar surface area (TPSA) is 70.1 Å². The summed E-state index contributed by atoms with van der Waals surface area (Å²) in [5.74, 6) is -0.730. The number of halogens is 1. The zero-order chi connectivity index (χ0) is 15.1. The normalized spacial score (nSPS) is 11.8. The Balaban J connectivity index is 2.82. The molecule has 1 aromatic carbocycles. The molecule has 2 N–H and O–H groups in total. The van der Waals surface area contributed by atoms with Crippen LogP contribution in [-0.4, -0.2) is 24.4 Å². The Kier molecular flexibility index (Phi) is 6.13. The second-order valence-corrected chi connectivity index (χ2v) is 4.83. The first-order chi connectivity index (χ1) is 9.53. The monoisotopic (exact) mass is 277 g/mol. The lowest BCUT2D eigenvalue weighted by atomic mass is 10.0. The number of nitrogens with zero attached hydrogens (tertiary/aromatic N) is 2. The van der Waals surface area contributed by atoms with Gasteiger partial charge in [-0.3, -0.25) is 4.79 Å². The molecule has 0 saturated heterocycles. The van der Waals surface area contributed by atoms with Gasteiger partial charge in [-0.25, -0.2) is 4.39 Å². The van der Waals surface area contributed by atoms with Crippen LogP contribution in [0.5, 0.6) is 0 Å². The summed E-state index contributed by atoms with van der Waals surface area (Å²) in [6, 6.07) is 6.10. The van der Waals surface area contributed by atoms with Gasteiger partial charge in [0, 0.05) is 25.7 Å². The minimum absolute atomic E-state index is 0.0869. The fourth-order valence-corrected chi connectivity index (χ4v) is 2.10. The predicted octanol–water partition coefficient (Wildman–Crippen LogP) is 2.03. The molecule has 1 aromatic rings. The van der Waals surface area contributed by atoms with Crippen LogP contribution in [0.1, 0.15) is 30.9 Å². The van der Waals surface area contributed by atoms with E-state index in [9.17, 15) is 9.18 Å². The van der Waals surface area contributed by atoms with Gasteiger partial charge in [0.25, 0.3) is 0 Å². The smallest absolute Gasteiger partial charge is 0.226 e. The standard InChI is InChI=1S/C15H20FN3O/c1-3-4-12(9-18)15(20)19(2)10-13-7-11(8-17)5-6-14(13)16/h5-7,12H,3-4,9-10,18H2,1-2H3. The van der Waals surface area contributed by atoms with Crippen LogP contribution < -0.4 is 5.73 Å². The van der Waals surface area contributed by atoms with E-state index in [4.69, 9.17) is 11.0 Å². The lowest BCUT2D eigenvalue weighted by molar-refractivity contribution is -0.134. The SMILES string of the molecule is CCCC(CN)C(=O)N(C)Cc1cc(C#N)ccc1F. The first kappa shape index (κ1) is 16.1. The van der Waals surface area contributed by atoms with E-state index in [1.165, 1.54) is 23.1 Å². The molecule has 0 saturated carbocycles. The quantitative estimate of drug-likeness (QED) is 0.865. The van der Waals surface area contributed by atoms with Gasteiger partial charge in [0.05, 0.1) is 17.6 Å². The molecule has 5 heteroatoms. The third-order valence-corrected chi connectivity index (χ3v) is 3.23. The van der Waals surface area contributed by atoms with E-state index >= 15 is 0 Å². The summed E-state index contributed by atoms with van der Waals surface area (Å²) < 4.78 is 13.7. The molecule has 0 spiro atoms. The number of hydrogen-bond donors (Lipinski definition) is 1. The van der Waals surface area contributed by atoms with Crippen molar-refractivity contribution in [3.05, 3.63) is 35.1 Å². The average molecular weight is 277 g/mol. The Labute approximate surface area is 119 Å². The van der Waals surface area contributed by atoms with Gasteiger partial charge < -0.3 is 10.6 Å². The van der Waals surface area contributed by atoms with E-state index < -0.39 is 5.82 Å². The summed E-state index contributed by atoms with van der Waals surface area (Å²) in [5, 5.41) is 8.82. The number of carbonyl (C=O) groups excluding carboxylic acids is 1. The predicted molar refractivity (Wildman–Crippen MR) is 75.0 cm³/mol. The molecular weight excluding hydrogens is 257 g/mol. The molecule has 1 amide bonds. The highest BCUT2D eigenvalue weighted by Gasteiger charge is 2.20. The molecule has 0 aromatic heterocycles. The van der Waals surface area contributed by atoms with Crippen molar-refractivity contribution in [2.75, 3.05) is 13.6 Å². The summed E-state index contributed by atoms with van der Waals surface area (Å²) in [4.78, 5) is 13.7. The van der Waals surface area contributed by atoms with Crippen molar-refractivity contribution in [1.82, 2.24) is 4.90 Å². The molecule has 0 aliphatic rings. The van der Waals surface area contributed by atoms with Crippen LogP contribution in [0.15, 0.2) is 18.2 Å². The van der Waals surface area contributed by atoms with E-state index in [0.717, 1.165) is 12.8 Å². The molecule has 20 heavy (non-hydrogen) atoms. The Hall–Kier alpha value is -1.93. The number of hydrogen-bond acceptors (Lipinski definition) is 3. The molecule has 1 atom stereocenters. The molecular formula is C15H20FN3O. The summed E-state index contributed by atoms with van der Waals surface area (Å²) in [6.45, 7) is 2.42. The van der Waals surface area contributed by atoms with Gasteiger partial charge in [0.15, 0.2) is 0 Å². The van der Waals surface area contributed by atoms with Crippen LogP contribution in [0.3, 0.4) is 0 Å². The minimum atomic E-state index is -0.413. The second kappa shape index (κ2) is 7.61. The van der Waals surface area contributed by atoms with Gasteiger partial charge in [-0.1, -0.05) is 13.3 Å². The Morgan fingerprint density at radius 2 is 2.25 bits per heavy atom. The van der Waals surface area contributed by atoms with Gasteiger partial charge in [0.2, 0.25) is 5.91 Å². The number of benzene rings is 1. The van der Waals surface area contributed by atoms with Gasteiger partial charge in [-0.2, -0.15) is 5.26 Å². The van der Waals surface area contributed by atoms with Crippen LogP contribution in [-0.2, 0) is 11.3 Å². The number of nitrogens with two attached hydrogens (primary N) is 1. The van der Waals surface area contributed by atoms with Crippen molar-refractivity contribution in [3.63, 3.8) is 0 Å². The van der Waals surface area contributed by atoms with Crippen LogP contribution in [0.25, 0.3) is 0 Å². The van der Waals surface area contributed by atoms with E-state index in [1.54, 1.807) is 7.05 Å². The van der Waals surface area contributed by atoms with Crippen LogP contribution >= 0.6 is 0 Å².